The van der Waals surface area contributed by atoms with Crippen molar-refractivity contribution in [1.82, 2.24) is 0 Å². The molecule has 0 bridgehead atoms. The quantitative estimate of drug-likeness (QED) is 0.869. The zero-order valence-electron chi connectivity index (χ0n) is 10.6. The molecule has 2 aromatic rings. The van der Waals surface area contributed by atoms with Crippen LogP contribution < -0.4 is 5.32 Å². The fourth-order valence-electron chi connectivity index (χ4n) is 1.69. The number of amides is 1. The van der Waals surface area contributed by atoms with Gasteiger partial charge in [0.15, 0.2) is 0 Å². The van der Waals surface area contributed by atoms with Gasteiger partial charge in [-0.2, -0.15) is 0 Å². The van der Waals surface area contributed by atoms with Crippen LogP contribution in [0.2, 0.25) is 5.02 Å². The highest BCUT2D eigenvalue weighted by molar-refractivity contribution is 6.34. The third kappa shape index (κ3) is 3.12. The van der Waals surface area contributed by atoms with E-state index in [9.17, 15) is 9.18 Å². The van der Waals surface area contributed by atoms with Gasteiger partial charge in [-0.25, -0.2) is 4.39 Å². The molecule has 2 rings (SSSR count). The minimum atomic E-state index is -0.465. The van der Waals surface area contributed by atoms with E-state index in [1.54, 1.807) is 0 Å². The van der Waals surface area contributed by atoms with Gasteiger partial charge < -0.3 is 5.32 Å². The Kier molecular flexibility index (Phi) is 3.86. The van der Waals surface area contributed by atoms with Gasteiger partial charge in [0.1, 0.15) is 5.82 Å². The normalized spacial score (nSPS) is 10.3. The van der Waals surface area contributed by atoms with Crippen LogP contribution in [0.15, 0.2) is 36.4 Å². The van der Waals surface area contributed by atoms with Crippen LogP contribution in [0.5, 0.6) is 0 Å². The summed E-state index contributed by atoms with van der Waals surface area (Å²) in [6.45, 7) is 3.97. The van der Waals surface area contributed by atoms with Gasteiger partial charge in [-0.05, 0) is 55.3 Å². The maximum absolute atomic E-state index is 12.9. The molecule has 0 aromatic heterocycles. The van der Waals surface area contributed by atoms with Crippen LogP contribution in [-0.4, -0.2) is 5.91 Å². The maximum atomic E-state index is 12.9. The second kappa shape index (κ2) is 5.41. The predicted octanol–water partition coefficient (Wildman–Crippen LogP) is 4.35. The lowest BCUT2D eigenvalue weighted by molar-refractivity contribution is 0.102. The van der Waals surface area contributed by atoms with Crippen molar-refractivity contribution in [2.45, 2.75) is 13.8 Å². The summed E-state index contributed by atoms with van der Waals surface area (Å²) in [7, 11) is 0. The summed E-state index contributed by atoms with van der Waals surface area (Å²) in [5, 5.41) is 2.84. The number of carbonyl (C=O) groups is 1. The molecule has 19 heavy (non-hydrogen) atoms. The van der Waals surface area contributed by atoms with Gasteiger partial charge >= 0.3 is 0 Å². The molecule has 0 fully saturated rings. The van der Waals surface area contributed by atoms with Crippen LogP contribution >= 0.6 is 11.6 Å². The first-order chi connectivity index (χ1) is 8.97. The molecule has 0 spiro atoms. The smallest absolute Gasteiger partial charge is 0.257 e. The summed E-state index contributed by atoms with van der Waals surface area (Å²) in [5.74, 6) is -0.819. The third-order valence-corrected chi connectivity index (χ3v) is 3.25. The first-order valence-corrected chi connectivity index (χ1v) is 6.19. The van der Waals surface area contributed by atoms with Gasteiger partial charge in [0.05, 0.1) is 10.6 Å². The van der Waals surface area contributed by atoms with E-state index < -0.39 is 5.82 Å². The fourth-order valence-corrected chi connectivity index (χ4v) is 1.94. The average Bonchev–Trinajstić information content (AvgIpc) is 2.33. The molecule has 2 aromatic carbocycles. The average molecular weight is 278 g/mol. The Hall–Kier alpha value is -1.87. The van der Waals surface area contributed by atoms with E-state index >= 15 is 0 Å². The Morgan fingerprint density at radius 1 is 1.11 bits per heavy atom. The minimum Gasteiger partial charge on any atom is -0.322 e. The summed E-state index contributed by atoms with van der Waals surface area (Å²) < 4.78 is 12.9. The van der Waals surface area contributed by atoms with E-state index in [1.807, 2.05) is 32.0 Å². The second-order valence-electron chi connectivity index (χ2n) is 4.38. The third-order valence-electron chi connectivity index (χ3n) is 2.94. The summed E-state index contributed by atoms with van der Waals surface area (Å²) in [6, 6.07) is 9.33. The number of nitrogens with one attached hydrogen (secondary N) is 1. The van der Waals surface area contributed by atoms with Gasteiger partial charge in [0, 0.05) is 5.69 Å². The molecule has 0 heterocycles. The Morgan fingerprint density at radius 2 is 1.84 bits per heavy atom. The molecule has 0 atom stereocenters. The van der Waals surface area contributed by atoms with Crippen molar-refractivity contribution < 1.29 is 9.18 Å². The molecule has 0 aliphatic rings. The SMILES string of the molecule is Cc1ccc(NC(=O)c2ccc(F)cc2Cl)cc1C. The van der Waals surface area contributed by atoms with Gasteiger partial charge in [-0.3, -0.25) is 4.79 Å². The van der Waals surface area contributed by atoms with Crippen molar-refractivity contribution >= 4 is 23.2 Å². The van der Waals surface area contributed by atoms with Crippen LogP contribution in [0.25, 0.3) is 0 Å². The Bertz CT molecular complexity index is 640. The summed E-state index contributed by atoms with van der Waals surface area (Å²) in [6.07, 6.45) is 0. The zero-order valence-corrected chi connectivity index (χ0v) is 11.4. The molecule has 0 aliphatic heterocycles. The summed E-state index contributed by atoms with van der Waals surface area (Å²) in [5.41, 5.74) is 3.18. The minimum absolute atomic E-state index is 0.0985. The Balaban J connectivity index is 2.23. The highest BCUT2D eigenvalue weighted by Gasteiger charge is 2.11. The van der Waals surface area contributed by atoms with E-state index in [1.165, 1.54) is 12.1 Å². The highest BCUT2D eigenvalue weighted by atomic mass is 35.5. The summed E-state index contributed by atoms with van der Waals surface area (Å²) >= 11 is 5.85. The second-order valence-corrected chi connectivity index (χ2v) is 4.78. The van der Waals surface area contributed by atoms with Crippen LogP contribution in [-0.2, 0) is 0 Å². The molecule has 0 unspecified atom stereocenters. The molecular formula is C15H13ClFNO. The molecule has 0 saturated carbocycles. The largest absolute Gasteiger partial charge is 0.322 e. The van der Waals surface area contributed by atoms with E-state index in [-0.39, 0.29) is 16.5 Å². The number of carbonyl (C=O) groups excluding carboxylic acids is 1. The molecule has 0 aliphatic carbocycles. The first kappa shape index (κ1) is 13.6. The predicted molar refractivity (Wildman–Crippen MR) is 75.3 cm³/mol. The number of halogens is 2. The number of rotatable bonds is 2. The molecular weight excluding hydrogens is 265 g/mol. The van der Waals surface area contributed by atoms with Crippen molar-refractivity contribution in [3.8, 4) is 0 Å². The molecule has 1 amide bonds. The Morgan fingerprint density at radius 3 is 2.47 bits per heavy atom. The molecule has 4 heteroatoms. The van der Waals surface area contributed by atoms with Crippen molar-refractivity contribution in [3.05, 3.63) is 63.9 Å². The molecule has 0 saturated heterocycles. The topological polar surface area (TPSA) is 29.1 Å². The van der Waals surface area contributed by atoms with Crippen molar-refractivity contribution in [2.24, 2.45) is 0 Å². The zero-order chi connectivity index (χ0) is 14.0. The van der Waals surface area contributed by atoms with E-state index in [2.05, 4.69) is 5.32 Å². The highest BCUT2D eigenvalue weighted by Crippen LogP contribution is 2.20. The molecule has 2 nitrogen and oxygen atoms in total. The number of aryl methyl sites for hydroxylation is 2. The van der Waals surface area contributed by atoms with Gasteiger partial charge in [0.25, 0.3) is 5.91 Å². The lowest BCUT2D eigenvalue weighted by Crippen LogP contribution is -2.12. The van der Waals surface area contributed by atoms with Crippen LogP contribution in [0.1, 0.15) is 21.5 Å². The van der Waals surface area contributed by atoms with Crippen LogP contribution in [0, 0.1) is 19.7 Å². The standard InChI is InChI=1S/C15H13ClFNO/c1-9-3-5-12(7-10(9)2)18-15(19)13-6-4-11(17)8-14(13)16/h3-8H,1-2H3,(H,18,19). The first-order valence-electron chi connectivity index (χ1n) is 5.81. The lowest BCUT2D eigenvalue weighted by atomic mass is 10.1. The van der Waals surface area contributed by atoms with Crippen LogP contribution in [0.3, 0.4) is 0 Å². The summed E-state index contributed by atoms with van der Waals surface area (Å²) in [4.78, 5) is 12.0. The lowest BCUT2D eigenvalue weighted by Gasteiger charge is -2.08. The van der Waals surface area contributed by atoms with Gasteiger partial charge in [-0.15, -0.1) is 0 Å². The van der Waals surface area contributed by atoms with E-state index in [0.717, 1.165) is 17.2 Å². The van der Waals surface area contributed by atoms with Crippen LogP contribution in [0.4, 0.5) is 10.1 Å². The monoisotopic (exact) mass is 277 g/mol. The Labute approximate surface area is 116 Å². The van der Waals surface area contributed by atoms with E-state index in [0.29, 0.717) is 5.69 Å². The van der Waals surface area contributed by atoms with Crippen molar-refractivity contribution in [3.63, 3.8) is 0 Å². The number of hydrogen-bond acceptors (Lipinski definition) is 1. The van der Waals surface area contributed by atoms with Crippen molar-refractivity contribution in [2.75, 3.05) is 5.32 Å². The molecule has 98 valence electrons. The van der Waals surface area contributed by atoms with E-state index in [4.69, 9.17) is 11.6 Å². The molecule has 1 N–H and O–H groups in total. The fraction of sp³-hybridized carbons (Fsp3) is 0.133. The number of anilines is 1. The van der Waals surface area contributed by atoms with Gasteiger partial charge in [0.2, 0.25) is 0 Å². The van der Waals surface area contributed by atoms with Gasteiger partial charge in [-0.1, -0.05) is 17.7 Å². The molecule has 0 radical (unpaired) electrons. The number of benzene rings is 2. The maximum Gasteiger partial charge on any atom is 0.257 e. The van der Waals surface area contributed by atoms with Crippen molar-refractivity contribution in [1.29, 1.82) is 0 Å². The number of hydrogen-bond donors (Lipinski definition) is 1.